The van der Waals surface area contributed by atoms with Crippen LogP contribution in [0.1, 0.15) is 57.7 Å². The first-order valence-corrected chi connectivity index (χ1v) is 13.9. The normalized spacial score (nSPS) is 17.7. The molecule has 1 aromatic heterocycles. The number of hydrogen-bond acceptors (Lipinski definition) is 7. The van der Waals surface area contributed by atoms with Crippen LogP contribution in [-0.4, -0.2) is 36.2 Å². The second-order valence-electron chi connectivity index (χ2n) is 9.83. The molecule has 1 unspecified atom stereocenters. The van der Waals surface area contributed by atoms with Crippen LogP contribution in [0.5, 0.6) is 5.75 Å². The average Bonchev–Trinajstić information content (AvgIpc) is 3.38. The molecule has 5 rings (SSSR count). The number of hydrogen-bond donors (Lipinski definition) is 0. The van der Waals surface area contributed by atoms with Crippen molar-refractivity contribution >= 4 is 34.5 Å². The molecule has 0 spiro atoms. The minimum absolute atomic E-state index is 0.189. The zero-order valence-corrected chi connectivity index (χ0v) is 23.5. The van der Waals surface area contributed by atoms with E-state index in [1.165, 1.54) is 15.9 Å². The topological polar surface area (TPSA) is 90.2 Å². The summed E-state index contributed by atoms with van der Waals surface area (Å²) in [7, 11) is 1.58. The number of unbranched alkanes of at least 4 members (excludes halogenated alkanes) is 1. The number of allylic oxidation sites excluding steroid dienone is 1. The highest BCUT2D eigenvalue weighted by Crippen LogP contribution is 2.36. The van der Waals surface area contributed by atoms with Gasteiger partial charge in [0, 0.05) is 12.1 Å². The Bertz CT molecular complexity index is 1660. The van der Waals surface area contributed by atoms with E-state index in [4.69, 9.17) is 9.47 Å². The van der Waals surface area contributed by atoms with Crippen molar-refractivity contribution in [3.63, 3.8) is 0 Å². The van der Waals surface area contributed by atoms with E-state index in [9.17, 15) is 14.4 Å². The van der Waals surface area contributed by atoms with E-state index in [-0.39, 0.29) is 17.6 Å². The van der Waals surface area contributed by atoms with Crippen LogP contribution in [0.25, 0.3) is 5.57 Å². The summed E-state index contributed by atoms with van der Waals surface area (Å²) in [5.74, 6) is -0.0650. The molecule has 0 radical (unpaired) electrons. The Morgan fingerprint density at radius 1 is 1.10 bits per heavy atom. The first-order chi connectivity index (χ1) is 18.8. The standard InChI is InChI=1S/C30H31N3O5S/c1-6-7-16-32-22-11-9-8-10-21(22)24(27(32)34)26-28(35)33-25(19-12-14-20(37-5)15-13-19)23(29(36)38-17(2)3)18(4)31-30(33)39-26/h8-15,17,25H,6-7,16H2,1-5H3. The monoisotopic (exact) mass is 545 g/mol. The molecule has 0 fully saturated rings. The summed E-state index contributed by atoms with van der Waals surface area (Å²) in [5.41, 5.74) is 3.04. The summed E-state index contributed by atoms with van der Waals surface area (Å²) in [4.78, 5) is 48.1. The van der Waals surface area contributed by atoms with Crippen LogP contribution >= 0.6 is 11.3 Å². The largest absolute Gasteiger partial charge is 0.497 e. The van der Waals surface area contributed by atoms with E-state index >= 15 is 0 Å². The number of anilines is 1. The number of amides is 1. The number of carbonyl (C=O) groups is 2. The number of fused-ring (bicyclic) bond motifs is 2. The van der Waals surface area contributed by atoms with Gasteiger partial charge in [0.05, 0.1) is 41.8 Å². The molecular weight excluding hydrogens is 514 g/mol. The Morgan fingerprint density at radius 3 is 2.49 bits per heavy atom. The third kappa shape index (κ3) is 4.61. The Labute approximate surface area is 230 Å². The molecule has 1 atom stereocenters. The Kier molecular flexibility index (Phi) is 7.27. The highest BCUT2D eigenvalue weighted by atomic mass is 32.1. The first kappa shape index (κ1) is 26.6. The van der Waals surface area contributed by atoms with Crippen LogP contribution in [0.4, 0.5) is 5.69 Å². The summed E-state index contributed by atoms with van der Waals surface area (Å²) >= 11 is 1.18. The predicted octanol–water partition coefficient (Wildman–Crippen LogP) is 3.71. The number of methoxy groups -OCH3 is 1. The molecular formula is C30H31N3O5S. The van der Waals surface area contributed by atoms with Gasteiger partial charge in [-0.15, -0.1) is 0 Å². The predicted molar refractivity (Wildman–Crippen MR) is 151 cm³/mol. The van der Waals surface area contributed by atoms with Crippen LogP contribution in [-0.2, 0) is 14.3 Å². The lowest BCUT2D eigenvalue weighted by molar-refractivity contribution is -0.143. The number of ether oxygens (including phenoxy) is 2. The highest BCUT2D eigenvalue weighted by molar-refractivity contribution is 7.07. The van der Waals surface area contributed by atoms with Gasteiger partial charge >= 0.3 is 5.97 Å². The second kappa shape index (κ2) is 10.6. The molecule has 9 heteroatoms. The fourth-order valence-corrected chi connectivity index (χ4v) is 6.19. The van der Waals surface area contributed by atoms with Gasteiger partial charge in [0.2, 0.25) is 0 Å². The molecule has 3 aromatic rings. The van der Waals surface area contributed by atoms with Crippen molar-refractivity contribution in [3.05, 3.63) is 90.6 Å². The van der Waals surface area contributed by atoms with Crippen molar-refractivity contribution in [1.29, 1.82) is 0 Å². The van der Waals surface area contributed by atoms with Crippen molar-refractivity contribution in [3.8, 4) is 5.75 Å². The van der Waals surface area contributed by atoms with Crippen LogP contribution in [0.15, 0.2) is 69.6 Å². The molecule has 0 bridgehead atoms. The minimum atomic E-state index is -0.768. The van der Waals surface area contributed by atoms with Gasteiger partial charge in [0.1, 0.15) is 10.3 Å². The van der Waals surface area contributed by atoms with Gasteiger partial charge in [-0.3, -0.25) is 14.2 Å². The van der Waals surface area contributed by atoms with Crippen molar-refractivity contribution < 1.29 is 19.1 Å². The quantitative estimate of drug-likeness (QED) is 0.422. The molecule has 3 heterocycles. The van der Waals surface area contributed by atoms with E-state index in [2.05, 4.69) is 11.9 Å². The van der Waals surface area contributed by atoms with E-state index in [0.29, 0.717) is 44.0 Å². The zero-order chi connectivity index (χ0) is 27.8. The highest BCUT2D eigenvalue weighted by Gasteiger charge is 2.37. The molecule has 2 aliphatic rings. The fourth-order valence-electron chi connectivity index (χ4n) is 5.05. The Balaban J connectivity index is 1.76. The third-order valence-electron chi connectivity index (χ3n) is 6.88. The molecule has 0 saturated carbocycles. The summed E-state index contributed by atoms with van der Waals surface area (Å²) < 4.78 is 12.7. The van der Waals surface area contributed by atoms with E-state index in [0.717, 1.165) is 24.1 Å². The number of carbonyl (C=O) groups excluding carboxylic acids is 2. The molecule has 1 amide bonds. The number of thiazole rings is 1. The average molecular weight is 546 g/mol. The van der Waals surface area contributed by atoms with Gasteiger partial charge in [-0.25, -0.2) is 9.79 Å². The maximum atomic E-state index is 14.2. The molecule has 0 N–H and O–H groups in total. The van der Waals surface area contributed by atoms with Crippen LogP contribution in [0, 0.1) is 0 Å². The zero-order valence-electron chi connectivity index (χ0n) is 22.7. The Morgan fingerprint density at radius 2 is 1.82 bits per heavy atom. The minimum Gasteiger partial charge on any atom is -0.497 e. The van der Waals surface area contributed by atoms with Crippen LogP contribution in [0.3, 0.4) is 0 Å². The summed E-state index contributed by atoms with van der Waals surface area (Å²) in [6.07, 6.45) is 1.45. The molecule has 39 heavy (non-hydrogen) atoms. The van der Waals surface area contributed by atoms with E-state index in [1.54, 1.807) is 44.9 Å². The molecule has 8 nitrogen and oxygen atoms in total. The molecule has 0 aliphatic carbocycles. The molecule has 2 aliphatic heterocycles. The molecule has 0 saturated heterocycles. The maximum absolute atomic E-state index is 14.2. The van der Waals surface area contributed by atoms with Gasteiger partial charge in [0.25, 0.3) is 11.5 Å². The van der Waals surface area contributed by atoms with Crippen molar-refractivity contribution in [2.24, 2.45) is 4.99 Å². The van der Waals surface area contributed by atoms with E-state index in [1.807, 2.05) is 36.4 Å². The van der Waals surface area contributed by atoms with Crippen LogP contribution in [0.2, 0.25) is 0 Å². The number of aromatic nitrogens is 1. The van der Waals surface area contributed by atoms with Gasteiger partial charge in [-0.2, -0.15) is 0 Å². The molecule has 202 valence electrons. The van der Waals surface area contributed by atoms with Crippen molar-refractivity contribution in [2.45, 2.75) is 52.7 Å². The fraction of sp³-hybridized carbons (Fsp3) is 0.333. The van der Waals surface area contributed by atoms with Crippen molar-refractivity contribution in [1.82, 2.24) is 4.57 Å². The number of esters is 1. The van der Waals surface area contributed by atoms with Gasteiger partial charge in [-0.1, -0.05) is 55.0 Å². The van der Waals surface area contributed by atoms with Gasteiger partial charge in [0.15, 0.2) is 4.80 Å². The lowest BCUT2D eigenvalue weighted by Gasteiger charge is -2.25. The number of nitrogens with zero attached hydrogens (tertiary/aromatic N) is 3. The van der Waals surface area contributed by atoms with E-state index < -0.39 is 12.0 Å². The lowest BCUT2D eigenvalue weighted by atomic mass is 9.95. The molecule has 2 aromatic carbocycles. The maximum Gasteiger partial charge on any atom is 0.338 e. The lowest BCUT2D eigenvalue weighted by Crippen LogP contribution is -2.41. The third-order valence-corrected chi connectivity index (χ3v) is 7.93. The van der Waals surface area contributed by atoms with Crippen molar-refractivity contribution in [2.75, 3.05) is 18.6 Å². The second-order valence-corrected chi connectivity index (χ2v) is 10.8. The summed E-state index contributed by atoms with van der Waals surface area (Å²) in [6, 6.07) is 14.0. The summed E-state index contributed by atoms with van der Waals surface area (Å²) in [6.45, 7) is 7.96. The number of rotatable bonds is 7. The number of benzene rings is 2. The Hall–Kier alpha value is -3.98. The van der Waals surface area contributed by atoms with Gasteiger partial charge < -0.3 is 14.4 Å². The van der Waals surface area contributed by atoms with Crippen LogP contribution < -0.4 is 24.5 Å². The first-order valence-electron chi connectivity index (χ1n) is 13.1. The SMILES string of the molecule is CCCCN1C(=O)C(=c2sc3n(c2=O)C(c2ccc(OC)cc2)C(C(=O)OC(C)C)=C(C)N=3)c2ccccc21. The smallest absolute Gasteiger partial charge is 0.338 e. The number of para-hydroxylation sites is 1. The summed E-state index contributed by atoms with van der Waals surface area (Å²) in [5, 5.41) is 0. The van der Waals surface area contributed by atoms with Gasteiger partial charge in [-0.05, 0) is 51.0 Å².